The van der Waals surface area contributed by atoms with Crippen LogP contribution in [0.4, 0.5) is 8.78 Å². The molecule has 3 aromatic rings. The van der Waals surface area contributed by atoms with Crippen molar-refractivity contribution < 1.29 is 23.8 Å². The van der Waals surface area contributed by atoms with Crippen molar-refractivity contribution in [2.45, 2.75) is 52.4 Å². The van der Waals surface area contributed by atoms with E-state index >= 15 is 0 Å². The lowest BCUT2D eigenvalue weighted by Gasteiger charge is -2.29. The number of phenols is 1. The molecule has 0 unspecified atom stereocenters. The number of halogens is 2. The molecule has 0 radical (unpaired) electrons. The monoisotopic (exact) mass is 455 g/mol. The van der Waals surface area contributed by atoms with Crippen LogP contribution in [-0.4, -0.2) is 20.7 Å². The van der Waals surface area contributed by atoms with E-state index in [0.29, 0.717) is 22.8 Å². The summed E-state index contributed by atoms with van der Waals surface area (Å²) in [5.41, 5.74) is -0.409. The lowest BCUT2D eigenvalue weighted by atomic mass is 9.78. The molecule has 1 heterocycles. The van der Waals surface area contributed by atoms with E-state index in [-0.39, 0.29) is 17.1 Å². The van der Waals surface area contributed by atoms with Crippen molar-refractivity contribution in [3.63, 3.8) is 0 Å². The van der Waals surface area contributed by atoms with E-state index in [1.165, 1.54) is 10.6 Å². The third-order valence-electron chi connectivity index (χ3n) is 5.47. The van der Waals surface area contributed by atoms with Gasteiger partial charge < -0.3 is 14.8 Å². The Morgan fingerprint density at radius 2 is 1.45 bits per heavy atom. The number of nitrogens with zero attached hydrogens (tertiary/aromatic N) is 1. The molecular weight excluding hydrogens is 428 g/mol. The number of aromatic carboxylic acids is 1. The van der Waals surface area contributed by atoms with Crippen LogP contribution in [-0.2, 0) is 10.8 Å². The number of aromatic hydroxyl groups is 1. The molecule has 0 atom stereocenters. The topological polar surface area (TPSA) is 79.5 Å². The standard InChI is InChI=1S/C26H27F2NO4/c1-25(2,3)17-9-14(10-18(23(17)31)26(4,5)6)21-12-22(30)16(24(32)33)13-29(21)20-8-7-15(27)11-19(20)28/h7-13,31H,1-6H3,(H,32,33). The minimum absolute atomic E-state index is 0.114. The second-order valence-corrected chi connectivity index (χ2v) is 10.1. The average molecular weight is 456 g/mol. The van der Waals surface area contributed by atoms with Crippen LogP contribution in [0.3, 0.4) is 0 Å². The summed E-state index contributed by atoms with van der Waals surface area (Å²) >= 11 is 0. The Morgan fingerprint density at radius 3 is 1.91 bits per heavy atom. The van der Waals surface area contributed by atoms with E-state index < -0.39 is 39.4 Å². The number of aromatic nitrogens is 1. The molecule has 2 N–H and O–H groups in total. The Labute approximate surface area is 191 Å². The zero-order valence-electron chi connectivity index (χ0n) is 19.5. The molecule has 1 aromatic heterocycles. The van der Waals surface area contributed by atoms with Crippen LogP contribution in [0.25, 0.3) is 16.9 Å². The van der Waals surface area contributed by atoms with Gasteiger partial charge in [-0.15, -0.1) is 0 Å². The van der Waals surface area contributed by atoms with Gasteiger partial charge in [-0.2, -0.15) is 0 Å². The van der Waals surface area contributed by atoms with Crippen molar-refractivity contribution in [1.82, 2.24) is 4.57 Å². The maximum atomic E-state index is 14.7. The van der Waals surface area contributed by atoms with Crippen molar-refractivity contribution in [2.24, 2.45) is 0 Å². The highest BCUT2D eigenvalue weighted by atomic mass is 19.1. The number of carboxylic acid groups (broad SMARTS) is 1. The molecule has 0 bridgehead atoms. The summed E-state index contributed by atoms with van der Waals surface area (Å²) in [6.45, 7) is 11.6. The number of phenolic OH excluding ortho intramolecular Hbond substituents is 1. The number of carbonyl (C=O) groups is 1. The minimum atomic E-state index is -1.46. The fourth-order valence-electron chi connectivity index (χ4n) is 3.72. The quantitative estimate of drug-likeness (QED) is 0.525. The van der Waals surface area contributed by atoms with E-state index in [0.717, 1.165) is 18.3 Å². The van der Waals surface area contributed by atoms with Gasteiger partial charge in [0.1, 0.15) is 22.9 Å². The first kappa shape index (κ1) is 24.2. The first-order valence-electron chi connectivity index (χ1n) is 10.4. The predicted octanol–water partition coefficient (Wildman–Crippen LogP) is 5.78. The van der Waals surface area contributed by atoms with Crippen molar-refractivity contribution in [3.05, 3.63) is 81.1 Å². The number of hydrogen-bond acceptors (Lipinski definition) is 3. The number of benzene rings is 2. The SMILES string of the molecule is CC(C)(C)c1cc(-c2cc(=O)c(C(=O)O)cn2-c2ccc(F)cc2F)cc(C(C)(C)C)c1O. The molecule has 0 aliphatic heterocycles. The van der Waals surface area contributed by atoms with Gasteiger partial charge in [-0.1, -0.05) is 41.5 Å². The van der Waals surface area contributed by atoms with Gasteiger partial charge in [0, 0.05) is 29.5 Å². The molecule has 0 saturated carbocycles. The first-order chi connectivity index (χ1) is 15.1. The lowest BCUT2D eigenvalue weighted by Crippen LogP contribution is -2.20. The highest BCUT2D eigenvalue weighted by Gasteiger charge is 2.28. The largest absolute Gasteiger partial charge is 0.507 e. The van der Waals surface area contributed by atoms with E-state index in [2.05, 4.69) is 0 Å². The van der Waals surface area contributed by atoms with Gasteiger partial charge in [0.2, 0.25) is 0 Å². The fourth-order valence-corrected chi connectivity index (χ4v) is 3.72. The molecule has 7 heteroatoms. The second-order valence-electron chi connectivity index (χ2n) is 10.1. The second kappa shape index (κ2) is 8.14. The fraction of sp³-hybridized carbons (Fsp3) is 0.308. The molecule has 3 rings (SSSR count). The van der Waals surface area contributed by atoms with E-state index in [1.54, 1.807) is 12.1 Å². The lowest BCUT2D eigenvalue weighted by molar-refractivity contribution is 0.0694. The van der Waals surface area contributed by atoms with Crippen LogP contribution in [0.1, 0.15) is 63.0 Å². The van der Waals surface area contributed by atoms with Gasteiger partial charge >= 0.3 is 5.97 Å². The molecule has 0 aliphatic rings. The summed E-state index contributed by atoms with van der Waals surface area (Å²) in [5, 5.41) is 20.5. The highest BCUT2D eigenvalue weighted by molar-refractivity contribution is 5.88. The van der Waals surface area contributed by atoms with Crippen LogP contribution in [0.2, 0.25) is 0 Å². The van der Waals surface area contributed by atoms with Crippen LogP contribution in [0.15, 0.2) is 47.4 Å². The number of pyridine rings is 1. The van der Waals surface area contributed by atoms with E-state index in [1.807, 2.05) is 41.5 Å². The Bertz CT molecular complexity index is 1280. The summed E-state index contributed by atoms with van der Waals surface area (Å²) in [7, 11) is 0. The van der Waals surface area contributed by atoms with Gasteiger partial charge in [-0.25, -0.2) is 13.6 Å². The number of carboxylic acids is 1. The normalized spacial score (nSPS) is 12.1. The van der Waals surface area contributed by atoms with Gasteiger partial charge in [-0.05, 0) is 40.7 Å². The maximum absolute atomic E-state index is 14.7. The van der Waals surface area contributed by atoms with Crippen molar-refractivity contribution in [2.75, 3.05) is 0 Å². The zero-order valence-corrected chi connectivity index (χ0v) is 19.5. The van der Waals surface area contributed by atoms with Crippen molar-refractivity contribution >= 4 is 5.97 Å². The Kier molecular flexibility index (Phi) is 5.96. The average Bonchev–Trinajstić information content (AvgIpc) is 2.66. The molecule has 33 heavy (non-hydrogen) atoms. The number of hydrogen-bond donors (Lipinski definition) is 2. The summed E-state index contributed by atoms with van der Waals surface area (Å²) < 4.78 is 29.5. The molecule has 0 saturated heterocycles. The molecule has 5 nitrogen and oxygen atoms in total. The molecule has 2 aromatic carbocycles. The Balaban J connectivity index is 2.47. The third-order valence-corrected chi connectivity index (χ3v) is 5.47. The zero-order chi connectivity index (χ0) is 24.9. The number of rotatable bonds is 3. The maximum Gasteiger partial charge on any atom is 0.341 e. The summed E-state index contributed by atoms with van der Waals surface area (Å²) in [6.07, 6.45) is 1.04. The summed E-state index contributed by atoms with van der Waals surface area (Å²) in [5.74, 6) is -3.03. The van der Waals surface area contributed by atoms with E-state index in [9.17, 15) is 28.6 Å². The predicted molar refractivity (Wildman–Crippen MR) is 123 cm³/mol. The van der Waals surface area contributed by atoms with Crippen LogP contribution >= 0.6 is 0 Å². The molecular formula is C26H27F2NO4. The van der Waals surface area contributed by atoms with Gasteiger partial charge in [0.25, 0.3) is 0 Å². The van der Waals surface area contributed by atoms with Crippen LogP contribution in [0, 0.1) is 11.6 Å². The van der Waals surface area contributed by atoms with Gasteiger partial charge in [-0.3, -0.25) is 4.79 Å². The molecule has 0 aliphatic carbocycles. The molecule has 0 amide bonds. The molecule has 0 fully saturated rings. The third kappa shape index (κ3) is 4.67. The van der Waals surface area contributed by atoms with Crippen LogP contribution < -0.4 is 5.43 Å². The van der Waals surface area contributed by atoms with E-state index in [4.69, 9.17) is 0 Å². The minimum Gasteiger partial charge on any atom is -0.507 e. The smallest absolute Gasteiger partial charge is 0.341 e. The Hall–Kier alpha value is -3.48. The summed E-state index contributed by atoms with van der Waals surface area (Å²) in [6, 6.07) is 7.46. The Morgan fingerprint density at radius 1 is 0.909 bits per heavy atom. The van der Waals surface area contributed by atoms with Crippen LogP contribution in [0.5, 0.6) is 5.75 Å². The van der Waals surface area contributed by atoms with Gasteiger partial charge in [0.05, 0.1) is 11.4 Å². The molecule has 0 spiro atoms. The highest BCUT2D eigenvalue weighted by Crippen LogP contribution is 2.42. The molecule has 174 valence electrons. The van der Waals surface area contributed by atoms with Gasteiger partial charge in [0.15, 0.2) is 5.43 Å². The van der Waals surface area contributed by atoms with Crippen molar-refractivity contribution in [1.29, 1.82) is 0 Å². The van der Waals surface area contributed by atoms with Crippen molar-refractivity contribution in [3.8, 4) is 22.7 Å². The summed E-state index contributed by atoms with van der Waals surface area (Å²) in [4.78, 5) is 24.2. The first-order valence-corrected chi connectivity index (χ1v) is 10.4.